The summed E-state index contributed by atoms with van der Waals surface area (Å²) >= 11 is 0. The number of carboxylic acid groups (broad SMARTS) is 1. The first kappa shape index (κ1) is 32.3. The largest absolute Gasteiger partial charge is 0.493 e. The number of rotatable bonds is 16. The number of carbonyl (C=O) groups is 2. The van der Waals surface area contributed by atoms with Crippen molar-refractivity contribution in [2.24, 2.45) is 23.7 Å². The van der Waals surface area contributed by atoms with Crippen LogP contribution in [0.2, 0.25) is 0 Å². The molecule has 2 aromatic rings. The van der Waals surface area contributed by atoms with E-state index in [2.05, 4.69) is 13.8 Å². The number of esters is 1. The Morgan fingerprint density at radius 3 is 2.34 bits per heavy atom. The molecule has 1 amide bonds. The number of hydrogen-bond donors (Lipinski definition) is 1. The van der Waals surface area contributed by atoms with E-state index in [-0.39, 0.29) is 36.2 Å². The van der Waals surface area contributed by atoms with Crippen LogP contribution >= 0.6 is 0 Å². The van der Waals surface area contributed by atoms with Crippen LogP contribution in [0.4, 0.5) is 4.79 Å². The quantitative estimate of drug-likeness (QED) is 0.183. The molecule has 3 rings (SSSR count). The Morgan fingerprint density at radius 2 is 1.76 bits per heavy atom. The van der Waals surface area contributed by atoms with Gasteiger partial charge in [0.05, 0.1) is 25.7 Å². The van der Waals surface area contributed by atoms with Gasteiger partial charge in [0.15, 0.2) is 11.5 Å². The fourth-order valence-electron chi connectivity index (χ4n) is 5.55. The van der Waals surface area contributed by atoms with Gasteiger partial charge in [-0.05, 0) is 60.3 Å². The molecule has 0 bridgehead atoms. The molecule has 41 heavy (non-hydrogen) atoms. The van der Waals surface area contributed by atoms with Gasteiger partial charge in [0.1, 0.15) is 6.10 Å². The third-order valence-corrected chi connectivity index (χ3v) is 8.10. The molecule has 0 spiro atoms. The van der Waals surface area contributed by atoms with Crippen molar-refractivity contribution in [3.8, 4) is 11.5 Å². The summed E-state index contributed by atoms with van der Waals surface area (Å²) in [4.78, 5) is 27.0. The number of nitrogens with zero attached hydrogens (tertiary/aromatic N) is 1. The normalized spacial score (nSPS) is 18.3. The lowest BCUT2D eigenvalue weighted by Gasteiger charge is -2.36. The molecule has 1 aliphatic rings. The number of methoxy groups -OCH3 is 2. The zero-order valence-corrected chi connectivity index (χ0v) is 25.4. The average molecular weight is 570 g/mol. The zero-order chi connectivity index (χ0) is 29.9. The number of hydrogen-bond acceptors (Lipinski definition) is 6. The number of ether oxygens (including phenoxy) is 4. The van der Waals surface area contributed by atoms with Gasteiger partial charge in [-0.15, -0.1) is 0 Å². The summed E-state index contributed by atoms with van der Waals surface area (Å²) in [7, 11) is 3.29. The molecule has 0 aromatic heterocycles. The van der Waals surface area contributed by atoms with Crippen molar-refractivity contribution < 1.29 is 33.6 Å². The van der Waals surface area contributed by atoms with E-state index in [0.717, 1.165) is 24.0 Å². The second-order valence-electron chi connectivity index (χ2n) is 11.6. The van der Waals surface area contributed by atoms with Gasteiger partial charge >= 0.3 is 12.1 Å². The molecule has 1 heterocycles. The van der Waals surface area contributed by atoms with Gasteiger partial charge in [0, 0.05) is 26.7 Å². The Bertz CT molecular complexity index is 1100. The molecule has 0 saturated carbocycles. The van der Waals surface area contributed by atoms with Crippen LogP contribution in [-0.4, -0.2) is 61.6 Å². The van der Waals surface area contributed by atoms with Crippen LogP contribution in [0.25, 0.3) is 0 Å². The highest BCUT2D eigenvalue weighted by molar-refractivity contribution is 5.75. The summed E-state index contributed by atoms with van der Waals surface area (Å²) in [5.41, 5.74) is 1.98. The van der Waals surface area contributed by atoms with E-state index in [9.17, 15) is 14.7 Å². The minimum atomic E-state index is -1.01. The van der Waals surface area contributed by atoms with E-state index < -0.39 is 18.2 Å². The highest BCUT2D eigenvalue weighted by atomic mass is 16.6. The van der Waals surface area contributed by atoms with Crippen LogP contribution < -0.4 is 9.47 Å². The SMILES string of the molecule is COCCCOc1cc(C[C@H](C[C@@H]([C@@H]2C[C@@H](C(C)C)C(=O)O2)N(Cc2ccccc2)C(=O)O)C(C)C)ccc1OC. The topological polar surface area (TPSA) is 94.5 Å². The van der Waals surface area contributed by atoms with Gasteiger partial charge in [-0.3, -0.25) is 9.69 Å². The molecule has 1 fully saturated rings. The predicted molar refractivity (Wildman–Crippen MR) is 158 cm³/mol. The van der Waals surface area contributed by atoms with Gasteiger partial charge in [0.2, 0.25) is 0 Å². The zero-order valence-electron chi connectivity index (χ0n) is 25.4. The van der Waals surface area contributed by atoms with E-state index in [1.54, 1.807) is 14.2 Å². The monoisotopic (exact) mass is 569 g/mol. The number of cyclic esters (lactones) is 1. The van der Waals surface area contributed by atoms with Crippen molar-refractivity contribution in [1.29, 1.82) is 0 Å². The molecule has 0 radical (unpaired) electrons. The highest BCUT2D eigenvalue weighted by Crippen LogP contribution is 2.36. The van der Waals surface area contributed by atoms with E-state index in [1.807, 2.05) is 62.4 Å². The summed E-state index contributed by atoms with van der Waals surface area (Å²) < 4.78 is 22.6. The second-order valence-corrected chi connectivity index (χ2v) is 11.6. The molecule has 0 aliphatic carbocycles. The molecular formula is C33H47NO7. The Hall–Kier alpha value is -3.26. The standard InChI is InChI=1S/C33H47NO7/c1-22(2)26(17-25-13-14-29(39-6)31(18-25)40-16-10-15-38-5)19-28(30-20-27(23(3)4)32(35)41-30)34(33(36)37)21-24-11-8-7-9-12-24/h7-9,11-14,18,22-23,26-28,30H,10,15-17,19-21H2,1-6H3,(H,36,37)/t26-,27+,28+,30+/m1/s1. The Kier molecular flexibility index (Phi) is 12.3. The van der Waals surface area contributed by atoms with E-state index >= 15 is 0 Å². The summed E-state index contributed by atoms with van der Waals surface area (Å²) in [5.74, 6) is 1.41. The first-order chi connectivity index (χ1) is 19.6. The Balaban J connectivity index is 1.89. The van der Waals surface area contributed by atoms with Gasteiger partial charge in [-0.25, -0.2) is 4.79 Å². The average Bonchev–Trinajstić information content (AvgIpc) is 3.34. The lowest BCUT2D eigenvalue weighted by atomic mass is 9.81. The van der Waals surface area contributed by atoms with Crippen molar-refractivity contribution >= 4 is 12.1 Å². The maximum Gasteiger partial charge on any atom is 0.407 e. The molecule has 1 saturated heterocycles. The van der Waals surface area contributed by atoms with Crippen LogP contribution in [0.5, 0.6) is 11.5 Å². The third-order valence-electron chi connectivity index (χ3n) is 8.10. The Morgan fingerprint density at radius 1 is 1.02 bits per heavy atom. The maximum absolute atomic E-state index is 12.8. The van der Waals surface area contributed by atoms with Gasteiger partial charge in [-0.2, -0.15) is 0 Å². The van der Waals surface area contributed by atoms with Crippen LogP contribution in [0, 0.1) is 23.7 Å². The van der Waals surface area contributed by atoms with Crippen LogP contribution in [-0.2, 0) is 27.2 Å². The van der Waals surface area contributed by atoms with E-state index in [0.29, 0.717) is 37.6 Å². The minimum absolute atomic E-state index is 0.128. The molecule has 2 aromatic carbocycles. The van der Waals surface area contributed by atoms with Crippen molar-refractivity contribution in [2.45, 2.75) is 72.1 Å². The molecular weight excluding hydrogens is 522 g/mol. The summed E-state index contributed by atoms with van der Waals surface area (Å²) in [6.07, 6.45) is 1.07. The fourth-order valence-corrected chi connectivity index (χ4v) is 5.55. The molecule has 1 aliphatic heterocycles. The summed E-state index contributed by atoms with van der Waals surface area (Å²) in [6, 6.07) is 15.1. The molecule has 0 unspecified atom stereocenters. The fraction of sp³-hybridized carbons (Fsp3) is 0.576. The van der Waals surface area contributed by atoms with Gasteiger partial charge < -0.3 is 24.1 Å². The summed E-state index contributed by atoms with van der Waals surface area (Å²) in [5, 5.41) is 10.4. The van der Waals surface area contributed by atoms with Crippen molar-refractivity contribution in [3.05, 3.63) is 59.7 Å². The summed E-state index contributed by atoms with van der Waals surface area (Å²) in [6.45, 7) is 9.70. The maximum atomic E-state index is 12.8. The first-order valence-corrected chi connectivity index (χ1v) is 14.7. The van der Waals surface area contributed by atoms with Gasteiger partial charge in [0.25, 0.3) is 0 Å². The second kappa shape index (κ2) is 15.7. The van der Waals surface area contributed by atoms with Crippen LogP contribution in [0.1, 0.15) is 58.1 Å². The lowest BCUT2D eigenvalue weighted by molar-refractivity contribution is -0.147. The minimum Gasteiger partial charge on any atom is -0.493 e. The van der Waals surface area contributed by atoms with E-state index in [4.69, 9.17) is 18.9 Å². The van der Waals surface area contributed by atoms with Crippen LogP contribution in [0.15, 0.2) is 48.5 Å². The first-order valence-electron chi connectivity index (χ1n) is 14.7. The number of amides is 1. The molecule has 8 nitrogen and oxygen atoms in total. The van der Waals surface area contributed by atoms with Crippen LogP contribution in [0.3, 0.4) is 0 Å². The lowest BCUT2D eigenvalue weighted by Crippen LogP contribution is -2.47. The van der Waals surface area contributed by atoms with Crippen molar-refractivity contribution in [2.75, 3.05) is 27.4 Å². The molecule has 226 valence electrons. The Labute approximate surface area is 244 Å². The molecule has 4 atom stereocenters. The predicted octanol–water partition coefficient (Wildman–Crippen LogP) is 6.45. The smallest absolute Gasteiger partial charge is 0.407 e. The molecule has 8 heteroatoms. The van der Waals surface area contributed by atoms with Crippen molar-refractivity contribution in [3.63, 3.8) is 0 Å². The van der Waals surface area contributed by atoms with E-state index in [1.165, 1.54) is 4.90 Å². The number of benzene rings is 2. The van der Waals surface area contributed by atoms with Gasteiger partial charge in [-0.1, -0.05) is 64.1 Å². The number of carbonyl (C=O) groups excluding carboxylic acids is 1. The highest BCUT2D eigenvalue weighted by Gasteiger charge is 2.44. The van der Waals surface area contributed by atoms with Crippen molar-refractivity contribution in [1.82, 2.24) is 4.90 Å². The molecule has 1 N–H and O–H groups in total. The third kappa shape index (κ3) is 9.12.